The molecule has 0 saturated carbocycles. The van der Waals surface area contributed by atoms with E-state index in [0.717, 1.165) is 0 Å². The molecule has 0 saturated heterocycles. The van der Waals surface area contributed by atoms with Gasteiger partial charge in [-0.2, -0.15) is 5.26 Å². The zero-order valence-electron chi connectivity index (χ0n) is 11.1. The molecule has 6 heteroatoms. The maximum atomic E-state index is 12.1. The Morgan fingerprint density at radius 3 is 2.42 bits per heavy atom. The number of nitrogens with zero attached hydrogens (tertiary/aromatic N) is 2. The SMILES string of the molecule is CC(CO)N(C)CCS(=O)(=O)c1ccc(C#N)cc1. The van der Waals surface area contributed by atoms with Crippen LogP contribution in [0.3, 0.4) is 0 Å². The fourth-order valence-corrected chi connectivity index (χ4v) is 2.79. The van der Waals surface area contributed by atoms with Crippen molar-refractivity contribution >= 4 is 9.84 Å². The number of benzene rings is 1. The summed E-state index contributed by atoms with van der Waals surface area (Å²) in [6.07, 6.45) is 0. The van der Waals surface area contributed by atoms with Gasteiger partial charge in [0.1, 0.15) is 0 Å². The molecule has 19 heavy (non-hydrogen) atoms. The van der Waals surface area contributed by atoms with Crippen LogP contribution in [0.1, 0.15) is 12.5 Å². The highest BCUT2D eigenvalue weighted by molar-refractivity contribution is 7.91. The van der Waals surface area contributed by atoms with Crippen molar-refractivity contribution in [2.75, 3.05) is 26.0 Å². The molecule has 0 aliphatic heterocycles. The largest absolute Gasteiger partial charge is 0.395 e. The van der Waals surface area contributed by atoms with Gasteiger partial charge in [-0.1, -0.05) is 0 Å². The van der Waals surface area contributed by atoms with Gasteiger partial charge in [0.2, 0.25) is 0 Å². The minimum atomic E-state index is -3.35. The van der Waals surface area contributed by atoms with Crippen LogP contribution < -0.4 is 0 Å². The number of aliphatic hydroxyl groups is 1. The van der Waals surface area contributed by atoms with Gasteiger partial charge >= 0.3 is 0 Å². The molecule has 0 radical (unpaired) electrons. The number of aliphatic hydroxyl groups excluding tert-OH is 1. The van der Waals surface area contributed by atoms with Gasteiger partial charge in [0.25, 0.3) is 0 Å². The second kappa shape index (κ2) is 6.66. The Labute approximate surface area is 114 Å². The quantitative estimate of drug-likeness (QED) is 0.828. The first kappa shape index (κ1) is 15.6. The molecule has 5 nitrogen and oxygen atoms in total. The lowest BCUT2D eigenvalue weighted by Gasteiger charge is -2.22. The van der Waals surface area contributed by atoms with Crippen LogP contribution in [0.4, 0.5) is 0 Å². The maximum absolute atomic E-state index is 12.1. The van der Waals surface area contributed by atoms with E-state index in [9.17, 15) is 8.42 Å². The molecule has 0 bridgehead atoms. The second-order valence-corrected chi connectivity index (χ2v) is 6.58. The molecule has 1 aromatic carbocycles. The van der Waals surface area contributed by atoms with E-state index in [2.05, 4.69) is 0 Å². The molecule has 0 spiro atoms. The number of nitriles is 1. The molecule has 0 aromatic heterocycles. The van der Waals surface area contributed by atoms with Crippen molar-refractivity contribution in [3.63, 3.8) is 0 Å². The van der Waals surface area contributed by atoms with Crippen LogP contribution in [0.5, 0.6) is 0 Å². The molecule has 1 N–H and O–H groups in total. The lowest BCUT2D eigenvalue weighted by molar-refractivity contribution is 0.165. The molecular formula is C13H18N2O3S. The number of sulfone groups is 1. The third kappa shape index (κ3) is 4.31. The average Bonchev–Trinajstić information content (AvgIpc) is 2.44. The summed E-state index contributed by atoms with van der Waals surface area (Å²) in [6.45, 7) is 2.17. The summed E-state index contributed by atoms with van der Waals surface area (Å²) >= 11 is 0. The first-order valence-electron chi connectivity index (χ1n) is 5.94. The predicted molar refractivity (Wildman–Crippen MR) is 72.4 cm³/mol. The Balaban J connectivity index is 2.73. The van der Waals surface area contributed by atoms with Gasteiger partial charge in [-0.05, 0) is 38.2 Å². The molecular weight excluding hydrogens is 264 g/mol. The van der Waals surface area contributed by atoms with E-state index >= 15 is 0 Å². The van der Waals surface area contributed by atoms with Crippen LogP contribution >= 0.6 is 0 Å². The average molecular weight is 282 g/mol. The summed E-state index contributed by atoms with van der Waals surface area (Å²) in [5, 5.41) is 17.7. The van der Waals surface area contributed by atoms with E-state index in [4.69, 9.17) is 10.4 Å². The van der Waals surface area contributed by atoms with Gasteiger partial charge in [-0.25, -0.2) is 8.42 Å². The molecule has 0 fully saturated rings. The summed E-state index contributed by atoms with van der Waals surface area (Å²) in [5.74, 6) is -0.0141. The number of hydrogen-bond donors (Lipinski definition) is 1. The van der Waals surface area contributed by atoms with Gasteiger partial charge in [-0.15, -0.1) is 0 Å². The molecule has 1 rings (SSSR count). The van der Waals surface area contributed by atoms with E-state index in [1.165, 1.54) is 24.3 Å². The molecule has 1 unspecified atom stereocenters. The Hall–Kier alpha value is -1.42. The summed E-state index contributed by atoms with van der Waals surface area (Å²) < 4.78 is 24.2. The van der Waals surface area contributed by atoms with Crippen molar-refractivity contribution in [3.05, 3.63) is 29.8 Å². The third-order valence-corrected chi connectivity index (χ3v) is 4.78. The van der Waals surface area contributed by atoms with Gasteiger partial charge in [0.15, 0.2) is 9.84 Å². The minimum Gasteiger partial charge on any atom is -0.395 e. The number of rotatable bonds is 6. The molecule has 0 aliphatic carbocycles. The van der Waals surface area contributed by atoms with Crippen LogP contribution in [-0.4, -0.2) is 50.4 Å². The Bertz CT molecular complexity index is 546. The lowest BCUT2D eigenvalue weighted by atomic mass is 10.2. The van der Waals surface area contributed by atoms with Crippen molar-refractivity contribution in [2.45, 2.75) is 17.9 Å². The first-order valence-corrected chi connectivity index (χ1v) is 7.60. The highest BCUT2D eigenvalue weighted by Crippen LogP contribution is 2.12. The fraction of sp³-hybridized carbons (Fsp3) is 0.462. The van der Waals surface area contributed by atoms with Crippen LogP contribution in [0.15, 0.2) is 29.2 Å². The first-order chi connectivity index (χ1) is 8.90. The standard InChI is InChI=1S/C13H18N2O3S/c1-11(10-16)15(2)7-8-19(17,18)13-5-3-12(9-14)4-6-13/h3-6,11,16H,7-8,10H2,1-2H3. The molecule has 0 aliphatic rings. The number of hydrogen-bond acceptors (Lipinski definition) is 5. The Kier molecular flexibility index (Phi) is 5.48. The van der Waals surface area contributed by atoms with E-state index in [0.29, 0.717) is 12.1 Å². The van der Waals surface area contributed by atoms with Gasteiger partial charge < -0.3 is 10.0 Å². The van der Waals surface area contributed by atoms with E-state index < -0.39 is 9.84 Å². The second-order valence-electron chi connectivity index (χ2n) is 4.47. The highest BCUT2D eigenvalue weighted by atomic mass is 32.2. The topological polar surface area (TPSA) is 81.4 Å². The maximum Gasteiger partial charge on any atom is 0.179 e. The van der Waals surface area contributed by atoms with Gasteiger partial charge in [0, 0.05) is 12.6 Å². The summed E-state index contributed by atoms with van der Waals surface area (Å²) in [4.78, 5) is 2.01. The van der Waals surface area contributed by atoms with E-state index in [-0.39, 0.29) is 23.3 Å². The van der Waals surface area contributed by atoms with Crippen LogP contribution in [0.2, 0.25) is 0 Å². The Morgan fingerprint density at radius 1 is 1.37 bits per heavy atom. The van der Waals surface area contributed by atoms with Crippen molar-refractivity contribution < 1.29 is 13.5 Å². The van der Waals surface area contributed by atoms with Crippen LogP contribution in [-0.2, 0) is 9.84 Å². The van der Waals surface area contributed by atoms with Crippen molar-refractivity contribution in [1.82, 2.24) is 4.90 Å². The smallest absolute Gasteiger partial charge is 0.179 e. The molecule has 0 amide bonds. The van der Waals surface area contributed by atoms with E-state index in [1.807, 2.05) is 13.0 Å². The minimum absolute atomic E-state index is 0.00653. The number of likely N-dealkylation sites (N-methyl/N-ethyl adjacent to an activating group) is 1. The van der Waals surface area contributed by atoms with E-state index in [1.54, 1.807) is 11.9 Å². The third-order valence-electron chi connectivity index (χ3n) is 3.07. The zero-order chi connectivity index (χ0) is 14.5. The lowest BCUT2D eigenvalue weighted by Crippen LogP contribution is -2.35. The normalized spacial score (nSPS) is 13.2. The van der Waals surface area contributed by atoms with Gasteiger partial charge in [0.05, 0.1) is 28.9 Å². The summed E-state index contributed by atoms with van der Waals surface area (Å²) in [7, 11) is -1.58. The Morgan fingerprint density at radius 2 is 1.95 bits per heavy atom. The summed E-state index contributed by atoms with van der Waals surface area (Å²) in [6, 6.07) is 7.76. The fourth-order valence-electron chi connectivity index (χ4n) is 1.48. The molecule has 0 heterocycles. The van der Waals surface area contributed by atoms with Gasteiger partial charge in [-0.3, -0.25) is 0 Å². The van der Waals surface area contributed by atoms with Crippen molar-refractivity contribution in [3.8, 4) is 6.07 Å². The predicted octanol–water partition coefficient (Wildman–Crippen LogP) is 0.645. The zero-order valence-corrected chi connectivity index (χ0v) is 11.9. The molecule has 1 atom stereocenters. The molecule has 1 aromatic rings. The monoisotopic (exact) mass is 282 g/mol. The van der Waals surface area contributed by atoms with Crippen molar-refractivity contribution in [2.24, 2.45) is 0 Å². The summed E-state index contributed by atoms with van der Waals surface area (Å²) in [5.41, 5.74) is 0.435. The highest BCUT2D eigenvalue weighted by Gasteiger charge is 2.17. The van der Waals surface area contributed by atoms with Crippen molar-refractivity contribution in [1.29, 1.82) is 5.26 Å². The molecule has 104 valence electrons. The van der Waals surface area contributed by atoms with Crippen LogP contribution in [0, 0.1) is 11.3 Å². The van der Waals surface area contributed by atoms with Crippen LogP contribution in [0.25, 0.3) is 0 Å².